The molecule has 1 aliphatic rings. The summed E-state index contributed by atoms with van der Waals surface area (Å²) in [6.45, 7) is 1.79. The van der Waals surface area contributed by atoms with Gasteiger partial charge in [0.1, 0.15) is 5.82 Å². The highest BCUT2D eigenvalue weighted by atomic mass is 35.5. The Balaban J connectivity index is 1.92. The Morgan fingerprint density at radius 1 is 1.40 bits per heavy atom. The molecule has 20 heavy (non-hydrogen) atoms. The van der Waals surface area contributed by atoms with Crippen LogP contribution in [-0.4, -0.2) is 42.5 Å². The second kappa shape index (κ2) is 7.25. The first-order chi connectivity index (χ1) is 9.61. The highest BCUT2D eigenvalue weighted by Gasteiger charge is 2.24. The Labute approximate surface area is 127 Å². The quantitative estimate of drug-likeness (QED) is 0.797. The normalized spacial score (nSPS) is 16.4. The molecule has 0 unspecified atom stereocenters. The van der Waals surface area contributed by atoms with Gasteiger partial charge in [0.15, 0.2) is 0 Å². The molecule has 2 rings (SSSR count). The average molecular weight is 320 g/mol. The molecule has 110 valence electrons. The van der Waals surface area contributed by atoms with Crippen LogP contribution in [0.4, 0.5) is 4.39 Å². The third-order valence-electron chi connectivity index (χ3n) is 3.33. The van der Waals surface area contributed by atoms with Crippen LogP contribution in [0.3, 0.4) is 0 Å². The molecule has 1 saturated heterocycles. The minimum Gasteiger partial charge on any atom is -0.377 e. The van der Waals surface area contributed by atoms with Crippen LogP contribution in [-0.2, 0) is 4.74 Å². The summed E-state index contributed by atoms with van der Waals surface area (Å²) in [6, 6.07) is 4.04. The molecule has 1 aliphatic heterocycles. The minimum absolute atomic E-state index is 0.0313. The molecule has 0 atom stereocenters. The van der Waals surface area contributed by atoms with Crippen LogP contribution < -0.4 is 0 Å². The number of alkyl halides is 1. The van der Waals surface area contributed by atoms with Crippen LogP contribution in [0.25, 0.3) is 0 Å². The van der Waals surface area contributed by atoms with Gasteiger partial charge in [0.05, 0.1) is 17.7 Å². The zero-order valence-electron chi connectivity index (χ0n) is 10.9. The number of carbonyl (C=O) groups excluding carboxylic acids is 1. The van der Waals surface area contributed by atoms with Crippen LogP contribution in [0.15, 0.2) is 18.2 Å². The van der Waals surface area contributed by atoms with Gasteiger partial charge in [-0.1, -0.05) is 11.6 Å². The molecule has 1 aromatic carbocycles. The zero-order valence-corrected chi connectivity index (χ0v) is 12.5. The van der Waals surface area contributed by atoms with Crippen molar-refractivity contribution in [3.8, 4) is 0 Å². The molecule has 0 radical (unpaired) electrons. The van der Waals surface area contributed by atoms with Gasteiger partial charge < -0.3 is 9.64 Å². The van der Waals surface area contributed by atoms with Crippen LogP contribution in [0, 0.1) is 5.82 Å². The molecule has 1 aromatic rings. The predicted molar refractivity (Wildman–Crippen MR) is 77.0 cm³/mol. The Morgan fingerprint density at radius 3 is 2.70 bits per heavy atom. The summed E-state index contributed by atoms with van der Waals surface area (Å²) >= 11 is 11.3. The molecule has 0 aromatic heterocycles. The van der Waals surface area contributed by atoms with E-state index in [1.165, 1.54) is 18.2 Å². The Bertz CT molecular complexity index is 476. The summed E-state index contributed by atoms with van der Waals surface area (Å²) < 4.78 is 18.6. The Hall–Kier alpha value is -0.840. The summed E-state index contributed by atoms with van der Waals surface area (Å²) in [5.41, 5.74) is 0.413. The molecule has 0 bridgehead atoms. The number of hydrogen-bond acceptors (Lipinski definition) is 2. The van der Waals surface area contributed by atoms with Gasteiger partial charge in [0.2, 0.25) is 0 Å². The van der Waals surface area contributed by atoms with Crippen molar-refractivity contribution in [2.75, 3.05) is 25.6 Å². The Morgan fingerprint density at radius 2 is 2.10 bits per heavy atom. The molecule has 1 fully saturated rings. The average Bonchev–Trinajstić information content (AvgIpc) is 2.48. The number of benzene rings is 1. The highest BCUT2D eigenvalue weighted by molar-refractivity contribution is 6.31. The van der Waals surface area contributed by atoms with Crippen molar-refractivity contribution in [3.05, 3.63) is 34.6 Å². The number of amides is 1. The second-order valence-electron chi connectivity index (χ2n) is 4.68. The largest absolute Gasteiger partial charge is 0.377 e. The number of rotatable bonds is 4. The molecular formula is C14H16Cl2FNO2. The smallest absolute Gasteiger partial charge is 0.253 e. The Kier molecular flexibility index (Phi) is 5.64. The molecule has 3 nitrogen and oxygen atoms in total. The van der Waals surface area contributed by atoms with Gasteiger partial charge in [-0.25, -0.2) is 4.39 Å². The van der Waals surface area contributed by atoms with Crippen molar-refractivity contribution in [3.63, 3.8) is 0 Å². The van der Waals surface area contributed by atoms with Gasteiger partial charge in [-0.3, -0.25) is 4.79 Å². The maximum absolute atomic E-state index is 13.1. The van der Waals surface area contributed by atoms with E-state index in [2.05, 4.69) is 0 Å². The fourth-order valence-electron chi connectivity index (χ4n) is 2.25. The first-order valence-electron chi connectivity index (χ1n) is 6.53. The van der Waals surface area contributed by atoms with Gasteiger partial charge in [-0.2, -0.15) is 0 Å². The van der Waals surface area contributed by atoms with Crippen molar-refractivity contribution in [2.45, 2.75) is 18.9 Å². The lowest BCUT2D eigenvalue weighted by molar-refractivity contribution is 0.0154. The van der Waals surface area contributed by atoms with Gasteiger partial charge in [-0.15, -0.1) is 11.6 Å². The van der Waals surface area contributed by atoms with Crippen molar-refractivity contribution in [2.24, 2.45) is 0 Å². The lowest BCUT2D eigenvalue weighted by Gasteiger charge is -2.32. The molecule has 1 heterocycles. The summed E-state index contributed by atoms with van der Waals surface area (Å²) in [7, 11) is 0. The molecule has 0 aliphatic carbocycles. The molecular weight excluding hydrogens is 304 g/mol. The van der Waals surface area contributed by atoms with E-state index in [-0.39, 0.29) is 17.0 Å². The molecule has 6 heteroatoms. The van der Waals surface area contributed by atoms with Crippen LogP contribution in [0.5, 0.6) is 0 Å². The standard InChI is InChI=1S/C14H16Cl2FNO2/c15-5-8-20-11-3-6-18(7-4-11)14(19)10-1-2-13(17)12(16)9-10/h1-2,9,11H,3-8H2. The maximum atomic E-state index is 13.1. The van der Waals surface area contributed by atoms with Gasteiger partial charge in [0, 0.05) is 24.5 Å². The first-order valence-corrected chi connectivity index (χ1v) is 7.45. The summed E-state index contributed by atoms with van der Waals surface area (Å²) in [6.07, 6.45) is 1.74. The number of piperidine rings is 1. The van der Waals surface area contributed by atoms with Crippen molar-refractivity contribution >= 4 is 29.1 Å². The number of halogens is 3. The number of ether oxygens (including phenoxy) is 1. The third-order valence-corrected chi connectivity index (χ3v) is 3.77. The lowest BCUT2D eigenvalue weighted by Crippen LogP contribution is -2.41. The van der Waals surface area contributed by atoms with Gasteiger partial charge in [0.25, 0.3) is 5.91 Å². The van der Waals surface area contributed by atoms with E-state index in [0.717, 1.165) is 12.8 Å². The second-order valence-corrected chi connectivity index (χ2v) is 5.47. The number of likely N-dealkylation sites (tertiary alicyclic amines) is 1. The number of hydrogen-bond donors (Lipinski definition) is 0. The van der Waals surface area contributed by atoms with Crippen LogP contribution in [0.2, 0.25) is 5.02 Å². The number of carbonyl (C=O) groups is 1. The molecule has 0 spiro atoms. The molecule has 1 amide bonds. The third kappa shape index (κ3) is 3.84. The van der Waals surface area contributed by atoms with E-state index >= 15 is 0 Å². The van der Waals surface area contributed by atoms with Crippen molar-refractivity contribution < 1.29 is 13.9 Å². The van der Waals surface area contributed by atoms with Crippen LogP contribution in [0.1, 0.15) is 23.2 Å². The van der Waals surface area contributed by atoms with Crippen molar-refractivity contribution in [1.82, 2.24) is 4.90 Å². The monoisotopic (exact) mass is 319 g/mol. The minimum atomic E-state index is -0.517. The van der Waals surface area contributed by atoms with Gasteiger partial charge in [-0.05, 0) is 31.0 Å². The SMILES string of the molecule is O=C(c1ccc(F)c(Cl)c1)N1CCC(OCCCl)CC1. The fraction of sp³-hybridized carbons (Fsp3) is 0.500. The van der Waals surface area contributed by atoms with E-state index in [1.807, 2.05) is 0 Å². The van der Waals surface area contributed by atoms with E-state index in [1.54, 1.807) is 4.90 Å². The van der Waals surface area contributed by atoms with E-state index in [0.29, 0.717) is 31.1 Å². The first kappa shape index (κ1) is 15.5. The van der Waals surface area contributed by atoms with E-state index in [9.17, 15) is 9.18 Å². The van der Waals surface area contributed by atoms with Gasteiger partial charge >= 0.3 is 0 Å². The fourth-order valence-corrected chi connectivity index (χ4v) is 2.52. The highest BCUT2D eigenvalue weighted by Crippen LogP contribution is 2.20. The maximum Gasteiger partial charge on any atom is 0.253 e. The van der Waals surface area contributed by atoms with Crippen LogP contribution >= 0.6 is 23.2 Å². The van der Waals surface area contributed by atoms with E-state index < -0.39 is 5.82 Å². The lowest BCUT2D eigenvalue weighted by atomic mass is 10.1. The molecule has 0 N–H and O–H groups in total. The van der Waals surface area contributed by atoms with E-state index in [4.69, 9.17) is 27.9 Å². The zero-order chi connectivity index (χ0) is 14.5. The topological polar surface area (TPSA) is 29.5 Å². The van der Waals surface area contributed by atoms with Crippen molar-refractivity contribution in [1.29, 1.82) is 0 Å². The summed E-state index contributed by atoms with van der Waals surface area (Å²) in [5.74, 6) is -0.160. The number of nitrogens with zero attached hydrogens (tertiary/aromatic N) is 1. The predicted octanol–water partition coefficient (Wildman–Crippen LogP) is 3.34. The summed E-state index contributed by atoms with van der Waals surface area (Å²) in [5, 5.41) is -0.0313. The molecule has 0 saturated carbocycles. The summed E-state index contributed by atoms with van der Waals surface area (Å²) in [4.78, 5) is 14.0.